The third-order valence-corrected chi connectivity index (χ3v) is 11.1. The summed E-state index contributed by atoms with van der Waals surface area (Å²) in [5.41, 5.74) is 16.0. The van der Waals surface area contributed by atoms with Gasteiger partial charge in [0.05, 0.1) is 5.39 Å². The lowest BCUT2D eigenvalue weighted by Gasteiger charge is -2.26. The fraction of sp³-hybridized carbons (Fsp3) is 0. The second-order valence-electron chi connectivity index (χ2n) is 14.5. The molecule has 0 saturated carbocycles. The predicted octanol–water partition coefficient (Wildman–Crippen LogP) is 15.6. The van der Waals surface area contributed by atoms with Crippen molar-refractivity contribution in [3.8, 4) is 44.5 Å². The molecule has 0 N–H and O–H groups in total. The Morgan fingerprint density at radius 2 is 0.789 bits per heavy atom. The Hall–Kier alpha value is -7.62. The van der Waals surface area contributed by atoms with Gasteiger partial charge in [-0.15, -0.1) is 0 Å². The molecule has 3 nitrogen and oxygen atoms in total. The molecule has 57 heavy (non-hydrogen) atoms. The van der Waals surface area contributed by atoms with E-state index in [1.165, 1.54) is 22.3 Å². The van der Waals surface area contributed by atoms with Gasteiger partial charge in [-0.1, -0.05) is 152 Å². The van der Waals surface area contributed by atoms with Crippen molar-refractivity contribution in [2.24, 2.45) is 0 Å². The Bertz CT molecular complexity index is 3110. The molecule has 0 fully saturated rings. The molecule has 0 unspecified atom stereocenters. The van der Waals surface area contributed by atoms with Gasteiger partial charge in [-0.05, 0) is 105 Å². The predicted molar refractivity (Wildman–Crippen MR) is 237 cm³/mol. The van der Waals surface area contributed by atoms with Crippen molar-refractivity contribution in [3.63, 3.8) is 0 Å². The summed E-state index contributed by atoms with van der Waals surface area (Å²) >= 11 is 0. The zero-order chi connectivity index (χ0) is 37.7. The van der Waals surface area contributed by atoms with Gasteiger partial charge in [-0.3, -0.25) is 0 Å². The van der Waals surface area contributed by atoms with E-state index in [0.717, 1.165) is 83.2 Å². The largest absolute Gasteiger partial charge is 0.456 e. The van der Waals surface area contributed by atoms with Crippen molar-refractivity contribution >= 4 is 60.9 Å². The van der Waals surface area contributed by atoms with Gasteiger partial charge in [0, 0.05) is 33.2 Å². The molecule has 0 aliphatic rings. The quantitative estimate of drug-likeness (QED) is 0.164. The topological polar surface area (TPSA) is 29.5 Å². The van der Waals surface area contributed by atoms with Crippen molar-refractivity contribution in [1.29, 1.82) is 0 Å². The summed E-state index contributed by atoms with van der Waals surface area (Å²) in [6, 6.07) is 75.2. The van der Waals surface area contributed by atoms with Crippen LogP contribution < -0.4 is 4.90 Å². The van der Waals surface area contributed by atoms with Crippen LogP contribution >= 0.6 is 0 Å². The average molecular weight is 730 g/mol. The number of anilines is 3. The summed E-state index contributed by atoms with van der Waals surface area (Å²) in [6.45, 7) is 0. The summed E-state index contributed by atoms with van der Waals surface area (Å²) in [6.07, 6.45) is 0. The second kappa shape index (κ2) is 13.6. The summed E-state index contributed by atoms with van der Waals surface area (Å²) in [5, 5.41) is 4.29. The van der Waals surface area contributed by atoms with Crippen LogP contribution in [0.2, 0.25) is 0 Å². The van der Waals surface area contributed by atoms with Crippen LogP contribution in [0.5, 0.6) is 0 Å². The van der Waals surface area contributed by atoms with E-state index in [4.69, 9.17) is 8.83 Å². The summed E-state index contributed by atoms with van der Waals surface area (Å²) in [4.78, 5) is 2.34. The number of hydrogen-bond acceptors (Lipinski definition) is 3. The van der Waals surface area contributed by atoms with E-state index in [1.54, 1.807) is 0 Å². The highest BCUT2D eigenvalue weighted by Gasteiger charge is 2.19. The van der Waals surface area contributed by atoms with Crippen molar-refractivity contribution in [1.82, 2.24) is 0 Å². The minimum Gasteiger partial charge on any atom is -0.456 e. The van der Waals surface area contributed by atoms with E-state index in [2.05, 4.69) is 199 Å². The molecular formula is C54H35NO2. The first kappa shape index (κ1) is 32.8. The van der Waals surface area contributed by atoms with Crippen LogP contribution in [0.4, 0.5) is 17.1 Å². The third kappa shape index (κ3) is 5.76. The molecule has 0 bridgehead atoms. The normalized spacial score (nSPS) is 11.5. The van der Waals surface area contributed by atoms with Crippen LogP contribution in [0.25, 0.3) is 88.4 Å². The lowest BCUT2D eigenvalue weighted by molar-refractivity contribution is 0.663. The maximum Gasteiger partial charge on any atom is 0.147 e. The highest BCUT2D eigenvalue weighted by Crippen LogP contribution is 2.44. The molecule has 0 radical (unpaired) electrons. The Morgan fingerprint density at radius 3 is 1.47 bits per heavy atom. The number of nitrogens with zero attached hydrogens (tertiary/aromatic N) is 1. The van der Waals surface area contributed by atoms with Gasteiger partial charge >= 0.3 is 0 Å². The molecule has 0 aliphatic carbocycles. The standard InChI is InChI=1S/C54H35NO2/c1-3-11-36(12-4-1)38-25-29-43(30-26-38)55(44-31-27-39(28-32-44)37-13-5-2-6-14-37)45-16-9-15-42(35-45)40-21-23-41(24-22-40)46-18-10-20-50-52(46)53-51(56-50)34-33-48-47-17-7-8-19-49(47)57-54(48)53/h1-35H. The summed E-state index contributed by atoms with van der Waals surface area (Å²) < 4.78 is 12.9. The Kier molecular flexibility index (Phi) is 7.82. The van der Waals surface area contributed by atoms with Crippen LogP contribution in [-0.2, 0) is 0 Å². The van der Waals surface area contributed by atoms with E-state index in [-0.39, 0.29) is 0 Å². The maximum atomic E-state index is 6.48. The first-order valence-corrected chi connectivity index (χ1v) is 19.3. The van der Waals surface area contributed by atoms with Crippen molar-refractivity contribution in [2.45, 2.75) is 0 Å². The molecule has 2 aromatic heterocycles. The molecule has 0 saturated heterocycles. The van der Waals surface area contributed by atoms with Crippen LogP contribution in [0.3, 0.4) is 0 Å². The van der Waals surface area contributed by atoms with E-state index >= 15 is 0 Å². The molecule has 0 atom stereocenters. The van der Waals surface area contributed by atoms with E-state index in [0.29, 0.717) is 0 Å². The molecule has 0 spiro atoms. The molecule has 0 amide bonds. The number of furan rings is 2. The van der Waals surface area contributed by atoms with Gasteiger partial charge in [0.1, 0.15) is 22.3 Å². The second-order valence-corrected chi connectivity index (χ2v) is 14.5. The monoisotopic (exact) mass is 729 g/mol. The number of benzene rings is 9. The fourth-order valence-corrected chi connectivity index (χ4v) is 8.31. The summed E-state index contributed by atoms with van der Waals surface area (Å²) in [5.74, 6) is 0. The maximum absolute atomic E-state index is 6.48. The van der Waals surface area contributed by atoms with E-state index in [9.17, 15) is 0 Å². The minimum absolute atomic E-state index is 0.825. The summed E-state index contributed by atoms with van der Waals surface area (Å²) in [7, 11) is 0. The smallest absolute Gasteiger partial charge is 0.147 e. The van der Waals surface area contributed by atoms with Crippen molar-refractivity contribution in [3.05, 3.63) is 212 Å². The number of para-hydroxylation sites is 1. The van der Waals surface area contributed by atoms with Gasteiger partial charge in [-0.25, -0.2) is 0 Å². The highest BCUT2D eigenvalue weighted by atomic mass is 16.3. The molecule has 11 rings (SSSR count). The van der Waals surface area contributed by atoms with Gasteiger partial charge in [0.2, 0.25) is 0 Å². The molecule has 0 aliphatic heterocycles. The molecule has 268 valence electrons. The Balaban J connectivity index is 0.976. The molecule has 3 heteroatoms. The highest BCUT2D eigenvalue weighted by molar-refractivity contribution is 6.24. The van der Waals surface area contributed by atoms with E-state index in [1.807, 2.05) is 18.2 Å². The van der Waals surface area contributed by atoms with Gasteiger partial charge in [-0.2, -0.15) is 0 Å². The molecule has 2 heterocycles. The van der Waals surface area contributed by atoms with Crippen LogP contribution in [0.15, 0.2) is 221 Å². The molecular weight excluding hydrogens is 695 g/mol. The average Bonchev–Trinajstić information content (AvgIpc) is 3.87. The van der Waals surface area contributed by atoms with E-state index < -0.39 is 0 Å². The minimum atomic E-state index is 0.825. The first-order chi connectivity index (χ1) is 28.2. The van der Waals surface area contributed by atoms with Crippen molar-refractivity contribution in [2.75, 3.05) is 4.90 Å². The van der Waals surface area contributed by atoms with Gasteiger partial charge < -0.3 is 13.7 Å². The number of fused-ring (bicyclic) bond motifs is 7. The van der Waals surface area contributed by atoms with Crippen LogP contribution in [-0.4, -0.2) is 0 Å². The fourth-order valence-electron chi connectivity index (χ4n) is 8.31. The zero-order valence-electron chi connectivity index (χ0n) is 31.0. The van der Waals surface area contributed by atoms with Crippen molar-refractivity contribution < 1.29 is 8.83 Å². The first-order valence-electron chi connectivity index (χ1n) is 19.3. The Morgan fingerprint density at radius 1 is 0.281 bits per heavy atom. The zero-order valence-corrected chi connectivity index (χ0v) is 31.0. The van der Waals surface area contributed by atoms with Crippen LogP contribution in [0, 0.1) is 0 Å². The lowest BCUT2D eigenvalue weighted by atomic mass is 9.96. The van der Waals surface area contributed by atoms with Gasteiger partial charge in [0.15, 0.2) is 0 Å². The lowest BCUT2D eigenvalue weighted by Crippen LogP contribution is -2.10. The number of hydrogen-bond donors (Lipinski definition) is 0. The molecule has 9 aromatic carbocycles. The van der Waals surface area contributed by atoms with Gasteiger partial charge in [0.25, 0.3) is 0 Å². The number of rotatable bonds is 7. The molecule has 11 aromatic rings. The SMILES string of the molecule is c1ccc(-c2ccc(N(c3ccc(-c4ccccc4)cc3)c3cccc(-c4ccc(-c5cccc6oc7ccc8c9ccccc9oc8c7c56)cc4)c3)cc2)cc1. The van der Waals surface area contributed by atoms with Crippen LogP contribution in [0.1, 0.15) is 0 Å². The third-order valence-electron chi connectivity index (χ3n) is 11.1. The Labute approximate surface area is 330 Å².